The second-order valence-corrected chi connectivity index (χ2v) is 7.41. The van der Waals surface area contributed by atoms with Crippen LogP contribution in [-0.2, 0) is 24.3 Å². The third-order valence-electron chi connectivity index (χ3n) is 5.24. The number of guanidine groups is 1. The predicted octanol–water partition coefficient (Wildman–Crippen LogP) is 3.78. The van der Waals surface area contributed by atoms with Gasteiger partial charge in [-0.1, -0.05) is 30.3 Å². The molecule has 0 radical (unpaired) electrons. The van der Waals surface area contributed by atoms with Crippen molar-refractivity contribution in [1.29, 1.82) is 0 Å². The molecule has 1 heterocycles. The van der Waals surface area contributed by atoms with E-state index in [1.165, 1.54) is 6.07 Å². The highest BCUT2D eigenvalue weighted by atomic mass is 127. The van der Waals surface area contributed by atoms with Gasteiger partial charge in [0.1, 0.15) is 5.82 Å². The molecule has 1 aliphatic heterocycles. The molecule has 5 nitrogen and oxygen atoms in total. The number of hydrogen-bond donors (Lipinski definition) is 2. The Kier molecular flexibility index (Phi) is 9.55. The molecule has 7 heteroatoms. The normalized spacial score (nSPS) is 13.9. The molecule has 0 bridgehead atoms. The number of amides is 1. The summed E-state index contributed by atoms with van der Waals surface area (Å²) in [7, 11) is 1.74. The number of carbonyl (C=O) groups is 1. The maximum atomic E-state index is 13.2. The summed E-state index contributed by atoms with van der Waals surface area (Å²) in [6.45, 7) is 4.86. The van der Waals surface area contributed by atoms with Gasteiger partial charge in [0.25, 0.3) is 0 Å². The molecule has 1 fully saturated rings. The lowest BCUT2D eigenvalue weighted by atomic mass is 10.1. The number of benzene rings is 2. The number of aryl methyl sites for hydroxylation is 1. The molecule has 0 aromatic heterocycles. The summed E-state index contributed by atoms with van der Waals surface area (Å²) in [6, 6.07) is 13.2. The number of hydrogen-bond acceptors (Lipinski definition) is 2. The van der Waals surface area contributed by atoms with E-state index in [0.29, 0.717) is 19.5 Å². The van der Waals surface area contributed by atoms with Crippen LogP contribution in [0.3, 0.4) is 0 Å². The van der Waals surface area contributed by atoms with Crippen molar-refractivity contribution in [2.75, 3.05) is 20.1 Å². The molecule has 2 N–H and O–H groups in total. The fourth-order valence-electron chi connectivity index (χ4n) is 3.52. The largest absolute Gasteiger partial charge is 0.356 e. The van der Waals surface area contributed by atoms with Gasteiger partial charge >= 0.3 is 0 Å². The topological polar surface area (TPSA) is 56.7 Å². The van der Waals surface area contributed by atoms with Crippen LogP contribution in [0.5, 0.6) is 0 Å². The van der Waals surface area contributed by atoms with Gasteiger partial charge < -0.3 is 15.5 Å². The average Bonchev–Trinajstić information content (AvgIpc) is 3.11. The second-order valence-electron chi connectivity index (χ2n) is 7.41. The number of likely N-dealkylation sites (tertiary alicyclic amines) is 1. The van der Waals surface area contributed by atoms with Gasteiger partial charge in [-0.3, -0.25) is 9.79 Å². The minimum absolute atomic E-state index is 0. The number of carbonyl (C=O) groups excluding carboxylic acids is 1. The van der Waals surface area contributed by atoms with E-state index >= 15 is 0 Å². The number of rotatable bonds is 7. The third kappa shape index (κ3) is 6.97. The van der Waals surface area contributed by atoms with Crippen LogP contribution >= 0.6 is 24.0 Å². The van der Waals surface area contributed by atoms with Gasteiger partial charge in [-0.05, 0) is 54.2 Å². The van der Waals surface area contributed by atoms with Crippen molar-refractivity contribution in [3.05, 3.63) is 70.5 Å². The van der Waals surface area contributed by atoms with Crippen LogP contribution in [0.4, 0.5) is 4.39 Å². The number of nitrogens with one attached hydrogen (secondary N) is 2. The first kappa shape index (κ1) is 24.1. The van der Waals surface area contributed by atoms with E-state index in [4.69, 9.17) is 0 Å². The summed E-state index contributed by atoms with van der Waals surface area (Å²) in [4.78, 5) is 17.9. The summed E-state index contributed by atoms with van der Waals surface area (Å²) < 4.78 is 13.2. The Morgan fingerprint density at radius 1 is 1.13 bits per heavy atom. The molecule has 1 aliphatic rings. The molecular formula is C23H30FIN4O. The van der Waals surface area contributed by atoms with E-state index in [2.05, 4.69) is 39.9 Å². The summed E-state index contributed by atoms with van der Waals surface area (Å²) in [6.07, 6.45) is 2.44. The van der Waals surface area contributed by atoms with Crippen molar-refractivity contribution in [1.82, 2.24) is 15.5 Å². The van der Waals surface area contributed by atoms with E-state index in [1.807, 2.05) is 17.9 Å². The maximum absolute atomic E-state index is 13.2. The zero-order valence-corrected chi connectivity index (χ0v) is 19.9. The van der Waals surface area contributed by atoms with Crippen LogP contribution < -0.4 is 10.6 Å². The Labute approximate surface area is 195 Å². The Hall–Kier alpha value is -2.16. The summed E-state index contributed by atoms with van der Waals surface area (Å²) in [5.41, 5.74) is 4.40. The highest BCUT2D eigenvalue weighted by Gasteiger charge is 2.19. The first-order valence-corrected chi connectivity index (χ1v) is 10.1. The molecule has 0 saturated carbocycles. The van der Waals surface area contributed by atoms with Gasteiger partial charge in [0.2, 0.25) is 5.91 Å². The first-order valence-electron chi connectivity index (χ1n) is 10.1. The quantitative estimate of drug-likeness (QED) is 0.330. The minimum Gasteiger partial charge on any atom is -0.356 e. The molecule has 1 saturated heterocycles. The molecular weight excluding hydrogens is 494 g/mol. The molecule has 1 amide bonds. The summed E-state index contributed by atoms with van der Waals surface area (Å²) >= 11 is 0. The number of aliphatic imine (C=N–C) groups is 1. The van der Waals surface area contributed by atoms with Gasteiger partial charge in [-0.2, -0.15) is 0 Å². The third-order valence-corrected chi connectivity index (χ3v) is 5.24. The molecule has 3 rings (SSSR count). The maximum Gasteiger partial charge on any atom is 0.222 e. The van der Waals surface area contributed by atoms with Crippen molar-refractivity contribution in [2.45, 2.75) is 39.3 Å². The van der Waals surface area contributed by atoms with Crippen LogP contribution in [0, 0.1) is 12.7 Å². The fraction of sp³-hybridized carbons (Fsp3) is 0.391. The average molecular weight is 524 g/mol. The van der Waals surface area contributed by atoms with Gasteiger partial charge in [-0.15, -0.1) is 24.0 Å². The molecule has 0 aliphatic carbocycles. The Balaban J connectivity index is 0.00000320. The number of halogens is 2. The predicted molar refractivity (Wildman–Crippen MR) is 130 cm³/mol. The van der Waals surface area contributed by atoms with Crippen molar-refractivity contribution >= 4 is 35.8 Å². The lowest BCUT2D eigenvalue weighted by Crippen LogP contribution is -2.37. The second kappa shape index (κ2) is 11.9. The van der Waals surface area contributed by atoms with Crippen LogP contribution in [0.15, 0.2) is 47.5 Å². The number of nitrogens with zero attached hydrogens (tertiary/aromatic N) is 2. The van der Waals surface area contributed by atoms with Crippen LogP contribution in [0.2, 0.25) is 0 Å². The summed E-state index contributed by atoms with van der Waals surface area (Å²) in [5.74, 6) is 0.785. The van der Waals surface area contributed by atoms with E-state index < -0.39 is 0 Å². The van der Waals surface area contributed by atoms with Crippen molar-refractivity contribution in [2.24, 2.45) is 4.99 Å². The smallest absolute Gasteiger partial charge is 0.222 e. The Morgan fingerprint density at radius 2 is 1.87 bits per heavy atom. The van der Waals surface area contributed by atoms with Gasteiger partial charge in [0.15, 0.2) is 5.96 Å². The standard InChI is InChI=1S/C23H29FN4O.HI/c1-17-14-21(24)10-9-20(17)11-12-26-23(25-2)27-15-18-5-7-19(8-6-18)16-28-13-3-4-22(28)29;/h5-10,14H,3-4,11-13,15-16H2,1-2H3,(H2,25,26,27);1H. The van der Waals surface area contributed by atoms with E-state index in [9.17, 15) is 9.18 Å². The monoisotopic (exact) mass is 524 g/mol. The van der Waals surface area contributed by atoms with E-state index in [0.717, 1.165) is 54.1 Å². The first-order chi connectivity index (χ1) is 14.0. The molecule has 0 atom stereocenters. The van der Waals surface area contributed by atoms with E-state index in [1.54, 1.807) is 13.1 Å². The van der Waals surface area contributed by atoms with Gasteiger partial charge in [0.05, 0.1) is 0 Å². The lowest BCUT2D eigenvalue weighted by Gasteiger charge is -2.16. The van der Waals surface area contributed by atoms with Crippen LogP contribution in [0.1, 0.15) is 35.1 Å². The molecule has 2 aromatic rings. The van der Waals surface area contributed by atoms with Gasteiger partial charge in [-0.25, -0.2) is 4.39 Å². The Bertz CT molecular complexity index is 870. The highest BCUT2D eigenvalue weighted by molar-refractivity contribution is 14.0. The van der Waals surface area contributed by atoms with Crippen molar-refractivity contribution in [3.63, 3.8) is 0 Å². The molecule has 162 valence electrons. The van der Waals surface area contributed by atoms with Crippen LogP contribution in [0.25, 0.3) is 0 Å². The molecule has 0 unspecified atom stereocenters. The van der Waals surface area contributed by atoms with E-state index in [-0.39, 0.29) is 35.7 Å². The SMILES string of the molecule is CN=C(NCCc1ccc(F)cc1C)NCc1ccc(CN2CCCC2=O)cc1.I. The van der Waals surface area contributed by atoms with Crippen molar-refractivity contribution < 1.29 is 9.18 Å². The molecule has 30 heavy (non-hydrogen) atoms. The van der Waals surface area contributed by atoms with Gasteiger partial charge in [0, 0.05) is 39.6 Å². The lowest BCUT2D eigenvalue weighted by molar-refractivity contribution is -0.128. The van der Waals surface area contributed by atoms with Crippen LogP contribution in [-0.4, -0.2) is 36.9 Å². The molecule has 2 aromatic carbocycles. The zero-order valence-electron chi connectivity index (χ0n) is 17.6. The molecule has 0 spiro atoms. The minimum atomic E-state index is -0.199. The van der Waals surface area contributed by atoms with Crippen molar-refractivity contribution in [3.8, 4) is 0 Å². The Morgan fingerprint density at radius 3 is 2.50 bits per heavy atom. The zero-order chi connectivity index (χ0) is 20.6. The summed E-state index contributed by atoms with van der Waals surface area (Å²) in [5, 5.41) is 6.61. The fourth-order valence-corrected chi connectivity index (χ4v) is 3.52. The highest BCUT2D eigenvalue weighted by Crippen LogP contribution is 2.15.